The summed E-state index contributed by atoms with van der Waals surface area (Å²) in [5.74, 6) is 0. The van der Waals surface area contributed by atoms with E-state index < -0.39 is 0 Å². The van der Waals surface area contributed by atoms with Gasteiger partial charge in [-0.15, -0.1) is 11.3 Å². The van der Waals surface area contributed by atoms with Gasteiger partial charge in [0.2, 0.25) is 0 Å². The van der Waals surface area contributed by atoms with Gasteiger partial charge in [-0.1, -0.05) is 11.6 Å². The Balaban J connectivity index is 2.36. The van der Waals surface area contributed by atoms with Crippen molar-refractivity contribution in [2.24, 2.45) is 5.73 Å². The molecule has 78 valence electrons. The Hall–Kier alpha value is -0.900. The van der Waals surface area contributed by atoms with Crippen LogP contribution in [0.2, 0.25) is 4.34 Å². The van der Waals surface area contributed by atoms with Gasteiger partial charge in [-0.2, -0.15) is 0 Å². The third-order valence-electron chi connectivity index (χ3n) is 2.30. The minimum Gasteiger partial charge on any atom is -0.320 e. The number of aryl methyl sites for hydroxylation is 1. The fourth-order valence-corrected chi connectivity index (χ4v) is 2.56. The summed E-state index contributed by atoms with van der Waals surface area (Å²) >= 11 is 7.40. The van der Waals surface area contributed by atoms with Crippen LogP contribution < -0.4 is 5.73 Å². The maximum atomic E-state index is 6.15. The molecule has 0 aliphatic heterocycles. The van der Waals surface area contributed by atoms with Crippen LogP contribution in [0.15, 0.2) is 30.6 Å². The molecule has 2 aromatic rings. The Morgan fingerprint density at radius 2 is 2.20 bits per heavy atom. The van der Waals surface area contributed by atoms with Gasteiger partial charge in [0.25, 0.3) is 0 Å². The number of hydrogen-bond donors (Lipinski definition) is 1. The molecule has 0 saturated heterocycles. The Labute approximate surface area is 97.7 Å². The van der Waals surface area contributed by atoms with Crippen molar-refractivity contribution in [2.45, 2.75) is 13.0 Å². The van der Waals surface area contributed by atoms with Crippen LogP contribution in [-0.4, -0.2) is 4.98 Å². The molecular formula is C11H11ClN2S. The number of nitrogens with two attached hydrogens (primary N) is 1. The molecular weight excluding hydrogens is 228 g/mol. The zero-order valence-corrected chi connectivity index (χ0v) is 9.85. The molecule has 1 atom stereocenters. The number of thiophene rings is 1. The largest absolute Gasteiger partial charge is 0.320 e. The number of nitrogens with zero attached hydrogens (tertiary/aromatic N) is 1. The second-order valence-corrected chi connectivity index (χ2v) is 5.10. The zero-order valence-electron chi connectivity index (χ0n) is 8.27. The Kier molecular flexibility index (Phi) is 3.05. The van der Waals surface area contributed by atoms with Crippen molar-refractivity contribution in [1.82, 2.24) is 4.98 Å². The van der Waals surface area contributed by atoms with Crippen LogP contribution in [0, 0.1) is 6.92 Å². The standard InChI is InChI=1S/C11H11ClN2S/c1-7-6-14-5-4-8(7)11(13)9-2-3-10(12)15-9/h2-6,11H,13H2,1H3. The van der Waals surface area contributed by atoms with Crippen molar-refractivity contribution in [2.75, 3.05) is 0 Å². The van der Waals surface area contributed by atoms with Gasteiger partial charge in [0, 0.05) is 17.3 Å². The highest BCUT2D eigenvalue weighted by atomic mass is 35.5. The summed E-state index contributed by atoms with van der Waals surface area (Å²) in [7, 11) is 0. The second kappa shape index (κ2) is 4.31. The Morgan fingerprint density at radius 1 is 1.40 bits per heavy atom. The van der Waals surface area contributed by atoms with Crippen molar-refractivity contribution in [1.29, 1.82) is 0 Å². The molecule has 2 aromatic heterocycles. The summed E-state index contributed by atoms with van der Waals surface area (Å²) in [6, 6.07) is 5.69. The van der Waals surface area contributed by atoms with Crippen LogP contribution in [0.4, 0.5) is 0 Å². The van der Waals surface area contributed by atoms with Crippen LogP contribution >= 0.6 is 22.9 Å². The van der Waals surface area contributed by atoms with E-state index in [0.29, 0.717) is 0 Å². The quantitative estimate of drug-likeness (QED) is 0.873. The first-order valence-corrected chi connectivity index (χ1v) is 5.79. The summed E-state index contributed by atoms with van der Waals surface area (Å²) in [5.41, 5.74) is 8.36. The van der Waals surface area contributed by atoms with E-state index >= 15 is 0 Å². The fraction of sp³-hybridized carbons (Fsp3) is 0.182. The van der Waals surface area contributed by atoms with Gasteiger partial charge in [0.05, 0.1) is 10.4 Å². The van der Waals surface area contributed by atoms with Gasteiger partial charge in [0.1, 0.15) is 0 Å². The number of halogens is 1. The van der Waals surface area contributed by atoms with E-state index in [0.717, 1.165) is 20.3 Å². The van der Waals surface area contributed by atoms with Gasteiger partial charge in [-0.05, 0) is 36.2 Å². The first-order chi connectivity index (χ1) is 7.18. The molecule has 4 heteroatoms. The highest BCUT2D eigenvalue weighted by Gasteiger charge is 2.12. The monoisotopic (exact) mass is 238 g/mol. The molecule has 0 radical (unpaired) electrons. The highest BCUT2D eigenvalue weighted by molar-refractivity contribution is 7.16. The molecule has 2 rings (SSSR count). The van der Waals surface area contributed by atoms with Crippen molar-refractivity contribution < 1.29 is 0 Å². The van der Waals surface area contributed by atoms with Crippen molar-refractivity contribution in [3.63, 3.8) is 0 Å². The first kappa shape index (κ1) is 10.6. The molecule has 2 heterocycles. The van der Waals surface area contributed by atoms with Crippen LogP contribution in [0.3, 0.4) is 0 Å². The summed E-state index contributed by atoms with van der Waals surface area (Å²) in [4.78, 5) is 5.13. The first-order valence-electron chi connectivity index (χ1n) is 4.60. The minimum absolute atomic E-state index is 0.106. The molecule has 1 unspecified atom stereocenters. The van der Waals surface area contributed by atoms with Crippen LogP contribution in [0.1, 0.15) is 22.0 Å². The lowest BCUT2D eigenvalue weighted by Crippen LogP contribution is -2.11. The van der Waals surface area contributed by atoms with Crippen LogP contribution in [0.25, 0.3) is 0 Å². The third kappa shape index (κ3) is 2.20. The topological polar surface area (TPSA) is 38.9 Å². The third-order valence-corrected chi connectivity index (χ3v) is 3.61. The van der Waals surface area contributed by atoms with Gasteiger partial charge in [-0.25, -0.2) is 0 Å². The highest BCUT2D eigenvalue weighted by Crippen LogP contribution is 2.30. The molecule has 0 fully saturated rings. The van der Waals surface area contributed by atoms with E-state index in [1.54, 1.807) is 6.20 Å². The molecule has 0 spiro atoms. The summed E-state index contributed by atoms with van der Waals surface area (Å²) < 4.78 is 0.771. The number of pyridine rings is 1. The number of rotatable bonds is 2. The van der Waals surface area contributed by atoms with Crippen LogP contribution in [-0.2, 0) is 0 Å². The molecule has 2 N–H and O–H groups in total. The second-order valence-electron chi connectivity index (χ2n) is 3.35. The smallest absolute Gasteiger partial charge is 0.0931 e. The summed E-state index contributed by atoms with van der Waals surface area (Å²) in [6.45, 7) is 2.01. The lowest BCUT2D eigenvalue weighted by Gasteiger charge is -2.12. The molecule has 0 aliphatic rings. The molecule has 0 aromatic carbocycles. The zero-order chi connectivity index (χ0) is 10.8. The molecule has 15 heavy (non-hydrogen) atoms. The van der Waals surface area contributed by atoms with Crippen LogP contribution in [0.5, 0.6) is 0 Å². The molecule has 0 amide bonds. The maximum absolute atomic E-state index is 6.15. The average molecular weight is 239 g/mol. The summed E-state index contributed by atoms with van der Waals surface area (Å²) in [5, 5.41) is 0. The van der Waals surface area contributed by atoms with Gasteiger partial charge < -0.3 is 5.73 Å². The predicted molar refractivity (Wildman–Crippen MR) is 64.3 cm³/mol. The number of aromatic nitrogens is 1. The van der Waals surface area contributed by atoms with Gasteiger partial charge >= 0.3 is 0 Å². The van der Waals surface area contributed by atoms with E-state index in [4.69, 9.17) is 17.3 Å². The van der Waals surface area contributed by atoms with E-state index in [1.807, 2.05) is 31.3 Å². The predicted octanol–water partition coefficient (Wildman–Crippen LogP) is 3.15. The van der Waals surface area contributed by atoms with Crippen molar-refractivity contribution >= 4 is 22.9 Å². The number of hydrogen-bond acceptors (Lipinski definition) is 3. The molecule has 0 saturated carbocycles. The van der Waals surface area contributed by atoms with Gasteiger partial charge in [0.15, 0.2) is 0 Å². The van der Waals surface area contributed by atoms with Crippen molar-refractivity contribution in [3.05, 3.63) is 50.9 Å². The van der Waals surface area contributed by atoms with Gasteiger partial charge in [-0.3, -0.25) is 4.98 Å². The molecule has 0 aliphatic carbocycles. The van der Waals surface area contributed by atoms with Crippen molar-refractivity contribution in [3.8, 4) is 0 Å². The fourth-order valence-electron chi connectivity index (χ4n) is 1.48. The van der Waals surface area contributed by atoms with E-state index in [1.165, 1.54) is 11.3 Å². The summed E-state index contributed by atoms with van der Waals surface area (Å²) in [6.07, 6.45) is 3.59. The van der Waals surface area contributed by atoms with E-state index in [9.17, 15) is 0 Å². The lowest BCUT2D eigenvalue weighted by molar-refractivity contribution is 0.877. The SMILES string of the molecule is Cc1cnccc1C(N)c1ccc(Cl)s1. The molecule has 2 nitrogen and oxygen atoms in total. The lowest BCUT2D eigenvalue weighted by atomic mass is 10.0. The minimum atomic E-state index is -0.106. The van der Waals surface area contributed by atoms with E-state index in [-0.39, 0.29) is 6.04 Å². The van der Waals surface area contributed by atoms with E-state index in [2.05, 4.69) is 4.98 Å². The maximum Gasteiger partial charge on any atom is 0.0931 e. The Bertz CT molecular complexity index is 467. The Morgan fingerprint density at radius 3 is 2.80 bits per heavy atom. The average Bonchev–Trinajstić information content (AvgIpc) is 2.65. The molecule has 0 bridgehead atoms. The normalized spacial score (nSPS) is 12.7.